The van der Waals surface area contributed by atoms with E-state index in [4.69, 9.17) is 14.9 Å². The van der Waals surface area contributed by atoms with Gasteiger partial charge < -0.3 is 23.9 Å². The summed E-state index contributed by atoms with van der Waals surface area (Å²) in [5.74, 6) is -1.91. The fourth-order valence-corrected chi connectivity index (χ4v) is 1.70. The second-order valence-electron chi connectivity index (χ2n) is 7.64. The van der Waals surface area contributed by atoms with Gasteiger partial charge >= 0.3 is 17.9 Å². The number of hydrogen-bond acceptors (Lipinski definition) is 4. The molecular formula is C17H34N2O6+2. The van der Waals surface area contributed by atoms with Gasteiger partial charge in [-0.2, -0.15) is 0 Å². The van der Waals surface area contributed by atoms with Gasteiger partial charge in [-0.25, -0.2) is 9.59 Å². The van der Waals surface area contributed by atoms with Crippen LogP contribution in [0.5, 0.6) is 0 Å². The lowest BCUT2D eigenvalue weighted by Gasteiger charge is -2.29. The van der Waals surface area contributed by atoms with Crippen LogP contribution in [0.15, 0.2) is 12.2 Å². The van der Waals surface area contributed by atoms with Gasteiger partial charge in [-0.15, -0.1) is 0 Å². The van der Waals surface area contributed by atoms with E-state index in [0.29, 0.717) is 34.1 Å². The first kappa shape index (κ1) is 25.3. The molecule has 0 aromatic rings. The number of likely N-dealkylation sites (N-methyl/N-ethyl adjacent to an activating group) is 1. The molecule has 0 rings (SSSR count). The Bertz CT molecular complexity index is 466. The van der Waals surface area contributed by atoms with Crippen molar-refractivity contribution in [3.8, 4) is 0 Å². The number of ether oxygens (including phenoxy) is 1. The number of carboxylic acid groups (broad SMARTS) is 2. The van der Waals surface area contributed by atoms with Crippen LogP contribution in [-0.4, -0.2) is 98.6 Å². The molecule has 0 aliphatic heterocycles. The molecule has 0 saturated heterocycles. The standard InChI is InChI=1S/C12H21NO4.C5H11NO2/c1-10(2)12(16)17-9-5-7-13(3,4)8-6-11(14)15;1-6(2,3)4-5(7)8/h1,5-9H2,2-4H3;4H2,1-3H3/p+2. The summed E-state index contributed by atoms with van der Waals surface area (Å²) in [5, 5.41) is 16.8. The van der Waals surface area contributed by atoms with Gasteiger partial charge in [0.15, 0.2) is 6.54 Å². The fourth-order valence-electron chi connectivity index (χ4n) is 1.70. The van der Waals surface area contributed by atoms with Gasteiger partial charge in [0.2, 0.25) is 0 Å². The van der Waals surface area contributed by atoms with Crippen LogP contribution in [0, 0.1) is 0 Å². The van der Waals surface area contributed by atoms with Crippen molar-refractivity contribution >= 4 is 17.9 Å². The molecule has 8 nitrogen and oxygen atoms in total. The molecule has 0 fully saturated rings. The zero-order valence-electron chi connectivity index (χ0n) is 16.4. The van der Waals surface area contributed by atoms with Gasteiger partial charge in [-0.1, -0.05) is 6.58 Å². The zero-order chi connectivity index (χ0) is 20.3. The van der Waals surface area contributed by atoms with Crippen molar-refractivity contribution in [3.63, 3.8) is 0 Å². The first-order valence-electron chi connectivity index (χ1n) is 8.05. The number of carbonyl (C=O) groups excluding carboxylic acids is 1. The number of carbonyl (C=O) groups is 3. The normalized spacial score (nSPS) is 11.1. The fraction of sp³-hybridized carbons (Fsp3) is 0.706. The minimum Gasteiger partial charge on any atom is -0.481 e. The Labute approximate surface area is 150 Å². The Morgan fingerprint density at radius 2 is 1.48 bits per heavy atom. The van der Waals surface area contributed by atoms with Crippen LogP contribution in [-0.2, 0) is 19.1 Å². The third-order valence-electron chi connectivity index (χ3n) is 3.03. The van der Waals surface area contributed by atoms with Crippen LogP contribution < -0.4 is 0 Å². The predicted molar refractivity (Wildman–Crippen MR) is 95.0 cm³/mol. The molecular weight excluding hydrogens is 328 g/mol. The average molecular weight is 362 g/mol. The van der Waals surface area contributed by atoms with Crippen LogP contribution in [0.25, 0.3) is 0 Å². The van der Waals surface area contributed by atoms with Crippen molar-refractivity contribution < 1.29 is 38.3 Å². The molecule has 0 bridgehead atoms. The van der Waals surface area contributed by atoms with Crippen LogP contribution in [0.1, 0.15) is 19.8 Å². The van der Waals surface area contributed by atoms with Gasteiger partial charge in [0, 0.05) is 12.0 Å². The summed E-state index contributed by atoms with van der Waals surface area (Å²) in [6.07, 6.45) is 0.865. The zero-order valence-corrected chi connectivity index (χ0v) is 16.4. The second kappa shape index (κ2) is 11.6. The van der Waals surface area contributed by atoms with Gasteiger partial charge in [0.1, 0.15) is 0 Å². The van der Waals surface area contributed by atoms with Crippen molar-refractivity contribution in [1.29, 1.82) is 0 Å². The van der Waals surface area contributed by atoms with Gasteiger partial charge in [0.05, 0.1) is 61.4 Å². The van der Waals surface area contributed by atoms with E-state index in [-0.39, 0.29) is 18.9 Å². The molecule has 8 heteroatoms. The molecule has 0 aliphatic rings. The van der Waals surface area contributed by atoms with E-state index < -0.39 is 11.9 Å². The van der Waals surface area contributed by atoms with Crippen molar-refractivity contribution in [3.05, 3.63) is 12.2 Å². The Kier molecular flexibility index (Phi) is 11.7. The Morgan fingerprint density at radius 1 is 0.960 bits per heavy atom. The van der Waals surface area contributed by atoms with E-state index in [9.17, 15) is 14.4 Å². The summed E-state index contributed by atoms with van der Waals surface area (Å²) in [5.41, 5.74) is 0.393. The minimum atomic E-state index is -0.787. The van der Waals surface area contributed by atoms with Crippen LogP contribution >= 0.6 is 0 Å². The molecule has 146 valence electrons. The monoisotopic (exact) mass is 362 g/mol. The van der Waals surface area contributed by atoms with Crippen molar-refractivity contribution in [2.45, 2.75) is 19.8 Å². The first-order chi connectivity index (χ1) is 11.2. The molecule has 0 aromatic carbocycles. The maximum absolute atomic E-state index is 11.1. The Morgan fingerprint density at radius 3 is 1.80 bits per heavy atom. The van der Waals surface area contributed by atoms with Gasteiger partial charge in [-0.05, 0) is 6.92 Å². The highest BCUT2D eigenvalue weighted by Gasteiger charge is 2.16. The van der Waals surface area contributed by atoms with E-state index in [1.807, 2.05) is 35.2 Å². The molecule has 0 radical (unpaired) electrons. The number of esters is 1. The van der Waals surface area contributed by atoms with Crippen LogP contribution in [0.3, 0.4) is 0 Å². The third-order valence-corrected chi connectivity index (χ3v) is 3.03. The number of nitrogens with zero attached hydrogens (tertiary/aromatic N) is 2. The lowest BCUT2D eigenvalue weighted by molar-refractivity contribution is -0.890. The Balaban J connectivity index is 0. The number of quaternary nitrogens is 2. The van der Waals surface area contributed by atoms with E-state index in [1.54, 1.807) is 6.92 Å². The minimum absolute atomic E-state index is 0.151. The molecule has 0 spiro atoms. The largest absolute Gasteiger partial charge is 0.481 e. The van der Waals surface area contributed by atoms with Crippen molar-refractivity contribution in [2.75, 3.05) is 61.5 Å². The molecule has 0 aromatic heterocycles. The summed E-state index contributed by atoms with van der Waals surface area (Å²) in [7, 11) is 9.45. The maximum Gasteiger partial charge on any atom is 0.359 e. The number of hydrogen-bond donors (Lipinski definition) is 2. The maximum atomic E-state index is 11.1. The van der Waals surface area contributed by atoms with Crippen LogP contribution in [0.4, 0.5) is 0 Å². The SMILES string of the molecule is C=C(C)C(=O)OCCC[N+](C)(C)CCC(=O)O.C[N+](C)(C)CC(=O)O. The highest BCUT2D eigenvalue weighted by atomic mass is 16.5. The number of carboxylic acids is 2. The van der Waals surface area contributed by atoms with Crippen molar-refractivity contribution in [2.24, 2.45) is 0 Å². The lowest BCUT2D eigenvalue weighted by atomic mass is 10.3. The highest BCUT2D eigenvalue weighted by Crippen LogP contribution is 2.02. The third kappa shape index (κ3) is 20.0. The predicted octanol–water partition coefficient (Wildman–Crippen LogP) is 0.824. The highest BCUT2D eigenvalue weighted by molar-refractivity contribution is 5.86. The topological polar surface area (TPSA) is 101 Å². The molecule has 0 aliphatic carbocycles. The molecule has 0 atom stereocenters. The molecule has 0 amide bonds. The summed E-state index contributed by atoms with van der Waals surface area (Å²) in [4.78, 5) is 31.5. The van der Waals surface area contributed by atoms with Gasteiger partial charge in [0.25, 0.3) is 0 Å². The summed E-state index contributed by atoms with van der Waals surface area (Å²) >= 11 is 0. The quantitative estimate of drug-likeness (QED) is 0.258. The lowest BCUT2D eigenvalue weighted by Crippen LogP contribution is -2.42. The smallest absolute Gasteiger partial charge is 0.359 e. The van der Waals surface area contributed by atoms with E-state index in [2.05, 4.69) is 6.58 Å². The van der Waals surface area contributed by atoms with Gasteiger partial charge in [-0.3, -0.25) is 4.79 Å². The molecule has 0 heterocycles. The summed E-state index contributed by atoms with van der Waals surface area (Å²) < 4.78 is 6.05. The van der Waals surface area contributed by atoms with E-state index in [0.717, 1.165) is 6.54 Å². The van der Waals surface area contributed by atoms with E-state index in [1.165, 1.54) is 0 Å². The molecule has 2 N–H and O–H groups in total. The van der Waals surface area contributed by atoms with Crippen LogP contribution in [0.2, 0.25) is 0 Å². The second-order valence-corrected chi connectivity index (χ2v) is 7.64. The average Bonchev–Trinajstić information content (AvgIpc) is 2.39. The molecule has 0 unspecified atom stereocenters. The van der Waals surface area contributed by atoms with E-state index >= 15 is 0 Å². The van der Waals surface area contributed by atoms with Crippen molar-refractivity contribution in [1.82, 2.24) is 0 Å². The molecule has 25 heavy (non-hydrogen) atoms. The first-order valence-corrected chi connectivity index (χ1v) is 8.05. The summed E-state index contributed by atoms with van der Waals surface area (Å²) in [6.45, 7) is 6.97. The number of aliphatic carboxylic acids is 2. The Hall–Kier alpha value is -1.93. The summed E-state index contributed by atoms with van der Waals surface area (Å²) in [6, 6.07) is 0. The number of rotatable bonds is 10. The molecule has 0 saturated carbocycles.